The fourth-order valence-corrected chi connectivity index (χ4v) is 2.91. The quantitative estimate of drug-likeness (QED) is 0.800. The highest BCUT2D eigenvalue weighted by Gasteiger charge is 2.44. The maximum Gasteiger partial charge on any atom is 0.332 e. The molecule has 3 rings (SSSR count). The summed E-state index contributed by atoms with van der Waals surface area (Å²) in [6.45, 7) is 0.295. The fourth-order valence-electron chi connectivity index (χ4n) is 2.20. The second-order valence-electron chi connectivity index (χ2n) is 4.80. The van der Waals surface area contributed by atoms with Gasteiger partial charge in [-0.15, -0.1) is 11.3 Å². The van der Waals surface area contributed by atoms with E-state index in [1.165, 1.54) is 11.3 Å². The average molecular weight is 307 g/mol. The summed E-state index contributed by atoms with van der Waals surface area (Å²) in [4.78, 5) is 27.5. The summed E-state index contributed by atoms with van der Waals surface area (Å²) in [5.74, 6) is -1.09. The summed E-state index contributed by atoms with van der Waals surface area (Å²) in [5.41, 5.74) is 1.82. The van der Waals surface area contributed by atoms with Crippen molar-refractivity contribution in [3.63, 3.8) is 0 Å². The third-order valence-corrected chi connectivity index (χ3v) is 4.16. The van der Waals surface area contributed by atoms with E-state index in [1.807, 2.05) is 0 Å². The lowest BCUT2D eigenvalue weighted by molar-refractivity contribution is -0.144. The maximum absolute atomic E-state index is 12.0. The number of ether oxygens (including phenoxy) is 1. The molecule has 8 heteroatoms. The minimum absolute atomic E-state index is 0.0242. The molecule has 1 aromatic carbocycles. The highest BCUT2D eigenvalue weighted by molar-refractivity contribution is 7.16. The number of hydrogen-bond donors (Lipinski definition) is 3. The van der Waals surface area contributed by atoms with Gasteiger partial charge in [0.25, 0.3) is 0 Å². The predicted molar refractivity (Wildman–Crippen MR) is 77.6 cm³/mol. The van der Waals surface area contributed by atoms with Gasteiger partial charge in [0.05, 0.1) is 22.3 Å². The van der Waals surface area contributed by atoms with E-state index in [0.29, 0.717) is 12.3 Å². The van der Waals surface area contributed by atoms with Crippen molar-refractivity contribution in [3.8, 4) is 0 Å². The molecule has 0 spiro atoms. The van der Waals surface area contributed by atoms with Crippen molar-refractivity contribution >= 4 is 39.2 Å². The first kappa shape index (κ1) is 13.8. The van der Waals surface area contributed by atoms with E-state index in [0.717, 1.165) is 10.2 Å². The molecule has 0 bridgehead atoms. The largest absolute Gasteiger partial charge is 0.479 e. The number of fused-ring (bicyclic) bond motifs is 1. The molecule has 1 saturated heterocycles. The lowest BCUT2D eigenvalue weighted by Gasteiger charge is -2.23. The summed E-state index contributed by atoms with van der Waals surface area (Å²) in [7, 11) is 0. The van der Waals surface area contributed by atoms with Crippen molar-refractivity contribution in [2.45, 2.75) is 12.0 Å². The monoisotopic (exact) mass is 307 g/mol. The highest BCUT2D eigenvalue weighted by Crippen LogP contribution is 2.23. The Kier molecular flexibility index (Phi) is 3.48. The third kappa shape index (κ3) is 2.67. The summed E-state index contributed by atoms with van der Waals surface area (Å²) in [6, 6.07) is 4.75. The van der Waals surface area contributed by atoms with Crippen molar-refractivity contribution in [1.82, 2.24) is 10.3 Å². The predicted octanol–water partition coefficient (Wildman–Crippen LogP) is 1.66. The van der Waals surface area contributed by atoms with E-state index in [1.54, 1.807) is 23.7 Å². The number of benzene rings is 1. The Balaban J connectivity index is 1.72. The lowest BCUT2D eigenvalue weighted by Crippen LogP contribution is -2.56. The van der Waals surface area contributed by atoms with Crippen LogP contribution in [-0.4, -0.2) is 40.8 Å². The lowest BCUT2D eigenvalue weighted by atomic mass is 9.99. The first-order valence-electron chi connectivity index (χ1n) is 6.33. The molecule has 2 aromatic rings. The number of thiazole rings is 1. The van der Waals surface area contributed by atoms with Crippen molar-refractivity contribution in [1.29, 1.82) is 0 Å². The minimum atomic E-state index is -1.35. The van der Waals surface area contributed by atoms with Gasteiger partial charge in [0.1, 0.15) is 0 Å². The van der Waals surface area contributed by atoms with Crippen molar-refractivity contribution in [2.75, 3.05) is 18.5 Å². The van der Waals surface area contributed by atoms with Gasteiger partial charge in [0, 0.05) is 18.7 Å². The van der Waals surface area contributed by atoms with Crippen LogP contribution in [-0.2, 0) is 9.53 Å². The van der Waals surface area contributed by atoms with E-state index in [-0.39, 0.29) is 13.0 Å². The average Bonchev–Trinajstić information content (AvgIpc) is 3.07. The Morgan fingerprint density at radius 1 is 1.43 bits per heavy atom. The maximum atomic E-state index is 12.0. The molecule has 2 amide bonds. The number of carboxylic acid groups (broad SMARTS) is 1. The number of aliphatic carboxylic acids is 1. The molecule has 3 N–H and O–H groups in total. The van der Waals surface area contributed by atoms with Gasteiger partial charge in [0.2, 0.25) is 0 Å². The highest BCUT2D eigenvalue weighted by atomic mass is 32.1. The fraction of sp³-hybridized carbons (Fsp3) is 0.308. The van der Waals surface area contributed by atoms with Crippen LogP contribution < -0.4 is 10.6 Å². The molecule has 1 unspecified atom stereocenters. The summed E-state index contributed by atoms with van der Waals surface area (Å²) in [5, 5.41) is 14.4. The van der Waals surface area contributed by atoms with E-state index >= 15 is 0 Å². The molecular weight excluding hydrogens is 294 g/mol. The number of amides is 2. The topological polar surface area (TPSA) is 101 Å². The molecule has 110 valence electrons. The van der Waals surface area contributed by atoms with E-state index in [9.17, 15) is 14.7 Å². The molecule has 1 aliphatic rings. The molecule has 0 saturated carbocycles. The van der Waals surface area contributed by atoms with Crippen LogP contribution in [0.1, 0.15) is 6.42 Å². The number of anilines is 1. The number of hydrogen-bond acceptors (Lipinski definition) is 5. The molecule has 0 aliphatic carbocycles. The number of aromatic nitrogens is 1. The first-order valence-corrected chi connectivity index (χ1v) is 7.21. The Hall–Kier alpha value is -2.19. The van der Waals surface area contributed by atoms with Crippen LogP contribution in [0.25, 0.3) is 10.2 Å². The Labute approximate surface area is 123 Å². The van der Waals surface area contributed by atoms with Crippen LogP contribution in [0.2, 0.25) is 0 Å². The molecular formula is C13H13N3O4S. The third-order valence-electron chi connectivity index (χ3n) is 3.37. The number of carbonyl (C=O) groups excluding carboxylic acids is 1. The van der Waals surface area contributed by atoms with Gasteiger partial charge in [-0.2, -0.15) is 0 Å². The van der Waals surface area contributed by atoms with Gasteiger partial charge in [-0.25, -0.2) is 14.6 Å². The summed E-state index contributed by atoms with van der Waals surface area (Å²) >= 11 is 1.47. The Morgan fingerprint density at radius 2 is 2.29 bits per heavy atom. The number of urea groups is 1. The van der Waals surface area contributed by atoms with E-state index in [2.05, 4.69) is 15.6 Å². The summed E-state index contributed by atoms with van der Waals surface area (Å²) < 4.78 is 6.04. The second-order valence-corrected chi connectivity index (χ2v) is 5.69. The standard InChI is InChI=1S/C13H13N3O4S/c17-11(18)13(3-4-20-6-13)16-12(19)15-8-1-2-9-10(5-8)21-7-14-9/h1-2,5,7H,3-4,6H2,(H,17,18)(H2,15,16,19). The number of nitrogens with zero attached hydrogens (tertiary/aromatic N) is 1. The summed E-state index contributed by atoms with van der Waals surface area (Å²) in [6.07, 6.45) is 0.254. The van der Waals surface area contributed by atoms with Crippen LogP contribution >= 0.6 is 11.3 Å². The SMILES string of the molecule is O=C(Nc1ccc2ncsc2c1)NC1(C(=O)O)CCOC1. The number of carboxylic acids is 1. The zero-order chi connectivity index (χ0) is 14.9. The van der Waals surface area contributed by atoms with Crippen LogP contribution in [0.15, 0.2) is 23.7 Å². The molecule has 1 fully saturated rings. The molecule has 21 heavy (non-hydrogen) atoms. The van der Waals surface area contributed by atoms with E-state index < -0.39 is 17.5 Å². The molecule has 1 atom stereocenters. The molecule has 7 nitrogen and oxygen atoms in total. The zero-order valence-corrected chi connectivity index (χ0v) is 11.8. The molecule has 1 aliphatic heterocycles. The van der Waals surface area contributed by atoms with Crippen LogP contribution in [0.3, 0.4) is 0 Å². The smallest absolute Gasteiger partial charge is 0.332 e. The number of carbonyl (C=O) groups is 2. The number of rotatable bonds is 3. The molecule has 1 aromatic heterocycles. The van der Waals surface area contributed by atoms with Crippen molar-refractivity contribution in [3.05, 3.63) is 23.7 Å². The van der Waals surface area contributed by atoms with Gasteiger partial charge in [-0.3, -0.25) is 0 Å². The van der Waals surface area contributed by atoms with Gasteiger partial charge in [-0.1, -0.05) is 0 Å². The molecule has 0 radical (unpaired) electrons. The Morgan fingerprint density at radius 3 is 3.00 bits per heavy atom. The van der Waals surface area contributed by atoms with Crippen molar-refractivity contribution in [2.24, 2.45) is 0 Å². The van der Waals surface area contributed by atoms with Crippen molar-refractivity contribution < 1.29 is 19.4 Å². The van der Waals surface area contributed by atoms with Gasteiger partial charge in [0.15, 0.2) is 5.54 Å². The first-order chi connectivity index (χ1) is 10.1. The normalized spacial score (nSPS) is 21.3. The zero-order valence-electron chi connectivity index (χ0n) is 11.0. The van der Waals surface area contributed by atoms with Crippen LogP contribution in [0.5, 0.6) is 0 Å². The van der Waals surface area contributed by atoms with Gasteiger partial charge < -0.3 is 20.5 Å². The van der Waals surface area contributed by atoms with Crippen LogP contribution in [0.4, 0.5) is 10.5 Å². The van der Waals surface area contributed by atoms with Crippen LogP contribution in [0, 0.1) is 0 Å². The van der Waals surface area contributed by atoms with Gasteiger partial charge in [-0.05, 0) is 18.2 Å². The molecule has 2 heterocycles. The minimum Gasteiger partial charge on any atom is -0.479 e. The second kappa shape index (κ2) is 5.30. The number of nitrogens with one attached hydrogen (secondary N) is 2. The van der Waals surface area contributed by atoms with Gasteiger partial charge >= 0.3 is 12.0 Å². The Bertz CT molecular complexity index is 694. The van der Waals surface area contributed by atoms with E-state index in [4.69, 9.17) is 4.74 Å².